The van der Waals surface area contributed by atoms with E-state index in [2.05, 4.69) is 11.8 Å². The predicted octanol–water partition coefficient (Wildman–Crippen LogP) is 3.22. The van der Waals surface area contributed by atoms with Crippen LogP contribution in [0.2, 0.25) is 0 Å². The number of hydrogen-bond acceptors (Lipinski definition) is 3. The summed E-state index contributed by atoms with van der Waals surface area (Å²) in [5.74, 6) is 0.957. The Hall–Kier alpha value is -1.22. The Bertz CT molecular complexity index is 398. The van der Waals surface area contributed by atoms with E-state index in [0.29, 0.717) is 6.10 Å². The van der Waals surface area contributed by atoms with Crippen molar-refractivity contribution in [2.75, 3.05) is 25.4 Å². The molecule has 0 radical (unpaired) electrons. The van der Waals surface area contributed by atoms with Crippen LogP contribution in [0.15, 0.2) is 18.2 Å². The summed E-state index contributed by atoms with van der Waals surface area (Å²) in [4.78, 5) is 2.55. The molecule has 2 rings (SSSR count). The Morgan fingerprint density at radius 2 is 2.05 bits per heavy atom. The zero-order valence-corrected chi connectivity index (χ0v) is 12.2. The molecule has 1 aromatic carbocycles. The fourth-order valence-corrected chi connectivity index (χ4v) is 2.55. The van der Waals surface area contributed by atoms with Crippen LogP contribution in [-0.4, -0.2) is 30.6 Å². The van der Waals surface area contributed by atoms with Crippen LogP contribution in [0.1, 0.15) is 38.2 Å². The Labute approximate surface area is 116 Å². The molecule has 3 heteroatoms. The van der Waals surface area contributed by atoms with Crippen LogP contribution in [0, 0.1) is 6.92 Å². The van der Waals surface area contributed by atoms with Crippen molar-refractivity contribution >= 4 is 5.69 Å². The van der Waals surface area contributed by atoms with Crippen LogP contribution in [0.25, 0.3) is 0 Å². The number of aryl methyl sites for hydroxylation is 1. The summed E-state index contributed by atoms with van der Waals surface area (Å²) >= 11 is 0. The average molecular weight is 262 g/mol. The lowest BCUT2D eigenvalue weighted by atomic mass is 10.1. The molecule has 0 amide bonds. The molecule has 0 bridgehead atoms. The molecule has 1 aliphatic heterocycles. The van der Waals surface area contributed by atoms with E-state index in [1.54, 1.807) is 0 Å². The fourth-order valence-electron chi connectivity index (χ4n) is 2.55. The molecule has 0 aliphatic carbocycles. The second-order valence-corrected chi connectivity index (χ2v) is 5.53. The minimum atomic E-state index is 0.362. The standard InChI is InChI=1S/C16H26N2O/c1-3-4-9-18-10-7-14(8-11-18)19-15-5-6-16(17)13(2)12-15/h5-6,12,14H,3-4,7-11,17H2,1-2H3. The molecule has 106 valence electrons. The molecule has 1 fully saturated rings. The second kappa shape index (κ2) is 6.80. The lowest BCUT2D eigenvalue weighted by Gasteiger charge is -2.32. The zero-order chi connectivity index (χ0) is 13.7. The van der Waals surface area contributed by atoms with Crippen molar-refractivity contribution < 1.29 is 4.74 Å². The highest BCUT2D eigenvalue weighted by molar-refractivity contribution is 5.49. The summed E-state index contributed by atoms with van der Waals surface area (Å²) in [5.41, 5.74) is 7.75. The van der Waals surface area contributed by atoms with E-state index in [1.807, 2.05) is 25.1 Å². The Morgan fingerprint density at radius 3 is 2.68 bits per heavy atom. The Kier molecular flexibility index (Phi) is 5.08. The number of piperidine rings is 1. The van der Waals surface area contributed by atoms with Crippen molar-refractivity contribution in [1.82, 2.24) is 4.90 Å². The number of unbranched alkanes of at least 4 members (excludes halogenated alkanes) is 1. The van der Waals surface area contributed by atoms with Gasteiger partial charge in [-0.2, -0.15) is 0 Å². The van der Waals surface area contributed by atoms with Gasteiger partial charge in [0.1, 0.15) is 11.9 Å². The molecular weight excluding hydrogens is 236 g/mol. The summed E-state index contributed by atoms with van der Waals surface area (Å²) in [5, 5.41) is 0. The van der Waals surface area contributed by atoms with Crippen molar-refractivity contribution in [3.8, 4) is 5.75 Å². The molecule has 1 saturated heterocycles. The van der Waals surface area contributed by atoms with E-state index < -0.39 is 0 Å². The van der Waals surface area contributed by atoms with E-state index in [1.165, 1.54) is 32.5 Å². The maximum atomic E-state index is 6.06. The largest absolute Gasteiger partial charge is 0.490 e. The van der Waals surface area contributed by atoms with Crippen molar-refractivity contribution in [1.29, 1.82) is 0 Å². The van der Waals surface area contributed by atoms with Crippen molar-refractivity contribution in [3.63, 3.8) is 0 Å². The van der Waals surface area contributed by atoms with E-state index in [0.717, 1.165) is 29.8 Å². The quantitative estimate of drug-likeness (QED) is 0.828. The topological polar surface area (TPSA) is 38.5 Å². The molecule has 0 spiro atoms. The minimum absolute atomic E-state index is 0.362. The molecule has 1 aromatic rings. The molecule has 0 aromatic heterocycles. The Balaban J connectivity index is 1.80. The molecule has 0 unspecified atom stereocenters. The summed E-state index contributed by atoms with van der Waals surface area (Å²) in [6, 6.07) is 5.95. The maximum absolute atomic E-state index is 6.06. The molecule has 0 saturated carbocycles. The number of nitrogen functional groups attached to an aromatic ring is 1. The first-order valence-electron chi connectivity index (χ1n) is 7.44. The van der Waals surface area contributed by atoms with Crippen LogP contribution in [-0.2, 0) is 0 Å². The predicted molar refractivity (Wildman–Crippen MR) is 80.6 cm³/mol. The van der Waals surface area contributed by atoms with Gasteiger partial charge >= 0.3 is 0 Å². The zero-order valence-electron chi connectivity index (χ0n) is 12.2. The molecular formula is C16H26N2O. The maximum Gasteiger partial charge on any atom is 0.120 e. The normalized spacial score (nSPS) is 17.6. The van der Waals surface area contributed by atoms with Gasteiger partial charge in [-0.15, -0.1) is 0 Å². The van der Waals surface area contributed by atoms with Crippen LogP contribution in [0.4, 0.5) is 5.69 Å². The van der Waals surface area contributed by atoms with Crippen molar-refractivity contribution in [3.05, 3.63) is 23.8 Å². The summed E-state index contributed by atoms with van der Waals surface area (Å²) in [6.07, 6.45) is 5.21. The fraction of sp³-hybridized carbons (Fsp3) is 0.625. The number of benzene rings is 1. The molecule has 0 atom stereocenters. The number of nitrogens with zero attached hydrogens (tertiary/aromatic N) is 1. The smallest absolute Gasteiger partial charge is 0.120 e. The first-order valence-corrected chi connectivity index (χ1v) is 7.44. The van der Waals surface area contributed by atoms with Gasteiger partial charge in [0.05, 0.1) is 0 Å². The monoisotopic (exact) mass is 262 g/mol. The lowest BCUT2D eigenvalue weighted by molar-refractivity contribution is 0.0998. The lowest BCUT2D eigenvalue weighted by Crippen LogP contribution is -2.38. The first-order chi connectivity index (χ1) is 9.19. The van der Waals surface area contributed by atoms with E-state index in [-0.39, 0.29) is 0 Å². The number of likely N-dealkylation sites (tertiary alicyclic amines) is 1. The highest BCUT2D eigenvalue weighted by Crippen LogP contribution is 2.23. The summed E-state index contributed by atoms with van der Waals surface area (Å²) in [6.45, 7) is 7.84. The first kappa shape index (κ1) is 14.2. The third-order valence-electron chi connectivity index (χ3n) is 3.91. The molecule has 3 nitrogen and oxygen atoms in total. The SMILES string of the molecule is CCCCN1CCC(Oc2ccc(N)c(C)c2)CC1. The highest BCUT2D eigenvalue weighted by atomic mass is 16.5. The third kappa shape index (κ3) is 4.13. The van der Waals surface area contributed by atoms with Gasteiger partial charge in [-0.25, -0.2) is 0 Å². The van der Waals surface area contributed by atoms with Crippen LogP contribution in [0.5, 0.6) is 5.75 Å². The molecule has 1 aliphatic rings. The molecule has 19 heavy (non-hydrogen) atoms. The van der Waals surface area contributed by atoms with Crippen molar-refractivity contribution in [2.45, 2.75) is 45.6 Å². The van der Waals surface area contributed by atoms with Crippen molar-refractivity contribution in [2.24, 2.45) is 0 Å². The van der Waals surface area contributed by atoms with E-state index in [9.17, 15) is 0 Å². The molecule has 2 N–H and O–H groups in total. The average Bonchev–Trinajstić information content (AvgIpc) is 2.42. The van der Waals surface area contributed by atoms with E-state index >= 15 is 0 Å². The number of hydrogen-bond donors (Lipinski definition) is 1. The number of rotatable bonds is 5. The summed E-state index contributed by atoms with van der Waals surface area (Å²) < 4.78 is 6.06. The van der Waals surface area contributed by atoms with Crippen LogP contribution < -0.4 is 10.5 Å². The number of nitrogens with two attached hydrogens (primary N) is 1. The van der Waals surface area contributed by atoms with Gasteiger partial charge in [-0.3, -0.25) is 0 Å². The number of anilines is 1. The number of ether oxygens (including phenoxy) is 1. The van der Waals surface area contributed by atoms with Gasteiger partial charge in [0, 0.05) is 18.8 Å². The van der Waals surface area contributed by atoms with Crippen LogP contribution in [0.3, 0.4) is 0 Å². The Morgan fingerprint density at radius 1 is 1.32 bits per heavy atom. The van der Waals surface area contributed by atoms with Gasteiger partial charge in [0.15, 0.2) is 0 Å². The van der Waals surface area contributed by atoms with Crippen LogP contribution >= 0.6 is 0 Å². The van der Waals surface area contributed by atoms with Gasteiger partial charge < -0.3 is 15.4 Å². The van der Waals surface area contributed by atoms with Gasteiger partial charge in [-0.05, 0) is 56.5 Å². The molecule has 1 heterocycles. The highest BCUT2D eigenvalue weighted by Gasteiger charge is 2.20. The van der Waals surface area contributed by atoms with Gasteiger partial charge in [0.2, 0.25) is 0 Å². The third-order valence-corrected chi connectivity index (χ3v) is 3.91. The van der Waals surface area contributed by atoms with E-state index in [4.69, 9.17) is 10.5 Å². The summed E-state index contributed by atoms with van der Waals surface area (Å²) in [7, 11) is 0. The minimum Gasteiger partial charge on any atom is -0.490 e. The van der Waals surface area contributed by atoms with Gasteiger partial charge in [0.25, 0.3) is 0 Å². The van der Waals surface area contributed by atoms with Gasteiger partial charge in [-0.1, -0.05) is 13.3 Å². The second-order valence-electron chi connectivity index (χ2n) is 5.53.